The van der Waals surface area contributed by atoms with Crippen LogP contribution in [0.4, 0.5) is 5.69 Å². The van der Waals surface area contributed by atoms with Crippen LogP contribution >= 0.6 is 0 Å². The summed E-state index contributed by atoms with van der Waals surface area (Å²) in [6.45, 7) is 4.77. The van der Waals surface area contributed by atoms with Gasteiger partial charge in [-0.15, -0.1) is 0 Å². The third-order valence-corrected chi connectivity index (χ3v) is 3.73. The van der Waals surface area contributed by atoms with Crippen molar-refractivity contribution in [2.24, 2.45) is 0 Å². The van der Waals surface area contributed by atoms with E-state index in [1.165, 1.54) is 0 Å². The van der Waals surface area contributed by atoms with Crippen LogP contribution in [0.3, 0.4) is 0 Å². The zero-order valence-electron chi connectivity index (χ0n) is 12.8. The number of nitrogen functional groups attached to an aromatic ring is 1. The van der Waals surface area contributed by atoms with Crippen molar-refractivity contribution in [2.45, 2.75) is 26.5 Å². The number of phenols is 1. The first-order valence-electron chi connectivity index (χ1n) is 7.35. The van der Waals surface area contributed by atoms with Gasteiger partial charge in [-0.05, 0) is 56.3 Å². The largest absolute Gasteiger partial charge is 0.508 e. The van der Waals surface area contributed by atoms with E-state index in [0.717, 1.165) is 27.9 Å². The first kappa shape index (κ1) is 14.3. The highest BCUT2D eigenvalue weighted by Crippen LogP contribution is 2.28. The zero-order chi connectivity index (χ0) is 15.7. The van der Waals surface area contributed by atoms with E-state index < -0.39 is 0 Å². The molecule has 0 fully saturated rings. The molecule has 4 nitrogen and oxygen atoms in total. The smallest absolute Gasteiger partial charge is 0.120 e. The van der Waals surface area contributed by atoms with Gasteiger partial charge < -0.3 is 20.1 Å². The maximum atomic E-state index is 9.31. The lowest BCUT2D eigenvalue weighted by Crippen LogP contribution is -1.98. The van der Waals surface area contributed by atoms with Crippen molar-refractivity contribution in [3.63, 3.8) is 0 Å². The maximum absolute atomic E-state index is 9.31. The van der Waals surface area contributed by atoms with E-state index in [1.807, 2.05) is 12.1 Å². The normalized spacial score (nSPS) is 11.2. The van der Waals surface area contributed by atoms with Gasteiger partial charge in [-0.1, -0.05) is 0 Å². The molecule has 0 atom stereocenters. The van der Waals surface area contributed by atoms with E-state index in [2.05, 4.69) is 30.7 Å². The highest BCUT2D eigenvalue weighted by atomic mass is 16.5. The fourth-order valence-corrected chi connectivity index (χ4v) is 2.59. The summed E-state index contributed by atoms with van der Waals surface area (Å²) >= 11 is 0. The molecular weight excluding hydrogens is 276 g/mol. The molecular formula is C18H20N2O2. The number of anilines is 1. The highest BCUT2D eigenvalue weighted by Gasteiger charge is 2.11. The van der Waals surface area contributed by atoms with Crippen molar-refractivity contribution in [3.05, 3.63) is 54.2 Å². The lowest BCUT2D eigenvalue weighted by Gasteiger charge is -2.08. The van der Waals surface area contributed by atoms with E-state index in [9.17, 15) is 5.11 Å². The second-order valence-corrected chi connectivity index (χ2v) is 5.71. The molecule has 1 aromatic heterocycles. The molecule has 0 aliphatic rings. The van der Waals surface area contributed by atoms with Crippen molar-refractivity contribution in [3.8, 4) is 11.5 Å². The monoisotopic (exact) mass is 296 g/mol. The lowest BCUT2D eigenvalue weighted by atomic mass is 10.1. The van der Waals surface area contributed by atoms with Gasteiger partial charge >= 0.3 is 0 Å². The van der Waals surface area contributed by atoms with Crippen LogP contribution in [0.5, 0.6) is 11.5 Å². The second-order valence-electron chi connectivity index (χ2n) is 5.71. The fourth-order valence-electron chi connectivity index (χ4n) is 2.59. The van der Waals surface area contributed by atoms with Gasteiger partial charge in [-0.2, -0.15) is 0 Å². The molecule has 0 saturated heterocycles. The maximum Gasteiger partial charge on any atom is 0.120 e. The Morgan fingerprint density at radius 1 is 1.14 bits per heavy atom. The van der Waals surface area contributed by atoms with Crippen molar-refractivity contribution in [1.29, 1.82) is 0 Å². The van der Waals surface area contributed by atoms with Crippen LogP contribution in [0.2, 0.25) is 0 Å². The molecule has 0 unspecified atom stereocenters. The zero-order valence-corrected chi connectivity index (χ0v) is 12.8. The molecule has 3 N–H and O–H groups in total. The molecule has 0 amide bonds. The Labute approximate surface area is 129 Å². The number of aromatic hydroxyl groups is 1. The molecule has 3 aromatic rings. The molecule has 1 heterocycles. The van der Waals surface area contributed by atoms with E-state index in [4.69, 9.17) is 10.5 Å². The molecule has 0 radical (unpaired) electrons. The standard InChI is InChI=1S/C18H20N2O2/c1-12(2)20-10-13(17-9-14(19)3-8-18(17)20)11-22-16-6-4-15(21)5-7-16/h3-10,12,21H,11,19H2,1-2H3. The third kappa shape index (κ3) is 2.72. The Balaban J connectivity index is 1.92. The molecule has 3 rings (SSSR count). The van der Waals surface area contributed by atoms with Crippen LogP contribution in [-0.4, -0.2) is 9.67 Å². The number of aromatic nitrogens is 1. The predicted octanol–water partition coefficient (Wildman–Crippen LogP) is 4.09. The minimum absolute atomic E-state index is 0.233. The number of nitrogens with zero attached hydrogens (tertiary/aromatic N) is 1. The molecule has 0 bridgehead atoms. The Morgan fingerprint density at radius 3 is 2.55 bits per heavy atom. The molecule has 22 heavy (non-hydrogen) atoms. The van der Waals surface area contributed by atoms with Crippen LogP contribution in [-0.2, 0) is 6.61 Å². The molecule has 0 aliphatic carbocycles. The summed E-state index contributed by atoms with van der Waals surface area (Å²) in [5.41, 5.74) is 8.94. The quantitative estimate of drug-likeness (QED) is 0.713. The molecule has 114 valence electrons. The Bertz CT molecular complexity index is 789. The summed E-state index contributed by atoms with van der Waals surface area (Å²) in [4.78, 5) is 0. The minimum Gasteiger partial charge on any atom is -0.508 e. The van der Waals surface area contributed by atoms with Gasteiger partial charge in [0.2, 0.25) is 0 Å². The number of nitrogens with two attached hydrogens (primary N) is 1. The first-order valence-corrected chi connectivity index (χ1v) is 7.35. The molecule has 2 aromatic carbocycles. The predicted molar refractivity (Wildman–Crippen MR) is 89.2 cm³/mol. The van der Waals surface area contributed by atoms with Crippen molar-refractivity contribution >= 4 is 16.6 Å². The van der Waals surface area contributed by atoms with Gasteiger partial charge in [0.05, 0.1) is 0 Å². The van der Waals surface area contributed by atoms with Crippen LogP contribution in [0.25, 0.3) is 10.9 Å². The number of benzene rings is 2. The number of ether oxygens (including phenoxy) is 1. The molecule has 4 heteroatoms. The third-order valence-electron chi connectivity index (χ3n) is 3.73. The number of hydrogen-bond acceptors (Lipinski definition) is 3. The topological polar surface area (TPSA) is 60.4 Å². The Hall–Kier alpha value is -2.62. The number of fused-ring (bicyclic) bond motifs is 1. The summed E-state index contributed by atoms with van der Waals surface area (Å²) in [7, 11) is 0. The number of phenolic OH excluding ortho intramolecular Hbond substituents is 1. The van der Waals surface area contributed by atoms with E-state index in [-0.39, 0.29) is 5.75 Å². The summed E-state index contributed by atoms with van der Waals surface area (Å²) < 4.78 is 8.05. The van der Waals surface area contributed by atoms with Gasteiger partial charge in [-0.3, -0.25) is 0 Å². The SMILES string of the molecule is CC(C)n1cc(COc2ccc(O)cc2)c2cc(N)ccc21. The fraction of sp³-hybridized carbons (Fsp3) is 0.222. The van der Waals surface area contributed by atoms with Gasteiger partial charge in [0.15, 0.2) is 0 Å². The summed E-state index contributed by atoms with van der Waals surface area (Å²) in [6.07, 6.45) is 2.12. The van der Waals surface area contributed by atoms with Crippen LogP contribution in [0.1, 0.15) is 25.5 Å². The van der Waals surface area contributed by atoms with Crippen LogP contribution in [0, 0.1) is 0 Å². The van der Waals surface area contributed by atoms with Gasteiger partial charge in [0.25, 0.3) is 0 Å². The number of rotatable bonds is 4. The van der Waals surface area contributed by atoms with Crippen molar-refractivity contribution in [1.82, 2.24) is 4.57 Å². The second kappa shape index (κ2) is 5.64. The average Bonchev–Trinajstić information content (AvgIpc) is 2.85. The van der Waals surface area contributed by atoms with Crippen LogP contribution < -0.4 is 10.5 Å². The average molecular weight is 296 g/mol. The summed E-state index contributed by atoms with van der Waals surface area (Å²) in [6, 6.07) is 13.1. The van der Waals surface area contributed by atoms with Crippen molar-refractivity contribution in [2.75, 3.05) is 5.73 Å². The van der Waals surface area contributed by atoms with Gasteiger partial charge in [-0.25, -0.2) is 0 Å². The highest BCUT2D eigenvalue weighted by molar-refractivity contribution is 5.87. The van der Waals surface area contributed by atoms with Crippen LogP contribution in [0.15, 0.2) is 48.7 Å². The molecule has 0 aliphatic heterocycles. The first-order chi connectivity index (χ1) is 10.5. The Kier molecular flexibility index (Phi) is 3.67. The summed E-state index contributed by atoms with van der Waals surface area (Å²) in [5, 5.41) is 10.4. The molecule has 0 spiro atoms. The van der Waals surface area contributed by atoms with E-state index in [1.54, 1.807) is 24.3 Å². The van der Waals surface area contributed by atoms with Gasteiger partial charge in [0, 0.05) is 34.4 Å². The lowest BCUT2D eigenvalue weighted by molar-refractivity contribution is 0.306. The van der Waals surface area contributed by atoms with Gasteiger partial charge in [0.1, 0.15) is 18.1 Å². The summed E-state index contributed by atoms with van der Waals surface area (Å²) in [5.74, 6) is 0.962. The van der Waals surface area contributed by atoms with E-state index in [0.29, 0.717) is 12.6 Å². The molecule has 0 saturated carbocycles. The Morgan fingerprint density at radius 2 is 1.86 bits per heavy atom. The van der Waals surface area contributed by atoms with Crippen molar-refractivity contribution < 1.29 is 9.84 Å². The number of hydrogen-bond donors (Lipinski definition) is 2. The minimum atomic E-state index is 0.233. The van der Waals surface area contributed by atoms with E-state index >= 15 is 0 Å².